The number of carbonyl (C=O) groups excluding carboxylic acids is 1. The highest BCUT2D eigenvalue weighted by molar-refractivity contribution is 5.88. The highest BCUT2D eigenvalue weighted by Crippen LogP contribution is 2.22. The van der Waals surface area contributed by atoms with E-state index in [1.807, 2.05) is 36.6 Å². The van der Waals surface area contributed by atoms with Gasteiger partial charge in [-0.2, -0.15) is 0 Å². The largest absolute Gasteiger partial charge is 0.462 e. The van der Waals surface area contributed by atoms with Crippen molar-refractivity contribution in [2.24, 2.45) is 0 Å². The standard InChI is InChI=1S/C15H21N3O2/c1-4-6-13-17-15-11(16)7-5-8-12(15)18(13)9-14(19)20-10(2)3/h5,7-8,10H,4,6,9,16H2,1-3H3. The molecular weight excluding hydrogens is 254 g/mol. The Morgan fingerprint density at radius 1 is 1.45 bits per heavy atom. The first-order chi connectivity index (χ1) is 9.52. The molecule has 0 saturated carbocycles. The minimum atomic E-state index is -0.251. The number of nitrogens with two attached hydrogens (primary N) is 1. The van der Waals surface area contributed by atoms with Gasteiger partial charge in [0, 0.05) is 6.42 Å². The number of hydrogen-bond donors (Lipinski definition) is 1. The maximum atomic E-state index is 11.9. The second kappa shape index (κ2) is 5.94. The maximum Gasteiger partial charge on any atom is 0.326 e. The molecule has 0 radical (unpaired) electrons. The summed E-state index contributed by atoms with van der Waals surface area (Å²) in [5.74, 6) is 0.625. The van der Waals surface area contributed by atoms with Gasteiger partial charge < -0.3 is 15.0 Å². The Balaban J connectivity index is 2.41. The lowest BCUT2D eigenvalue weighted by Gasteiger charge is -2.11. The number of nitrogens with zero attached hydrogens (tertiary/aromatic N) is 2. The highest BCUT2D eigenvalue weighted by atomic mass is 16.5. The number of anilines is 1. The lowest BCUT2D eigenvalue weighted by molar-refractivity contribution is -0.148. The van der Waals surface area contributed by atoms with E-state index in [0.29, 0.717) is 5.69 Å². The number of benzene rings is 1. The molecule has 0 saturated heterocycles. The van der Waals surface area contributed by atoms with Gasteiger partial charge in [-0.1, -0.05) is 13.0 Å². The van der Waals surface area contributed by atoms with Crippen LogP contribution in [0.1, 0.15) is 33.0 Å². The summed E-state index contributed by atoms with van der Waals surface area (Å²) < 4.78 is 7.12. The van der Waals surface area contributed by atoms with Crippen LogP contribution >= 0.6 is 0 Å². The summed E-state index contributed by atoms with van der Waals surface area (Å²) in [5, 5.41) is 0. The van der Waals surface area contributed by atoms with Gasteiger partial charge in [-0.25, -0.2) is 4.98 Å². The van der Waals surface area contributed by atoms with Crippen molar-refractivity contribution in [1.29, 1.82) is 0 Å². The molecule has 5 nitrogen and oxygen atoms in total. The van der Waals surface area contributed by atoms with E-state index < -0.39 is 0 Å². The van der Waals surface area contributed by atoms with Crippen LogP contribution in [0.15, 0.2) is 18.2 Å². The molecule has 2 aromatic rings. The van der Waals surface area contributed by atoms with Crippen molar-refractivity contribution in [3.8, 4) is 0 Å². The average Bonchev–Trinajstić information content (AvgIpc) is 2.69. The van der Waals surface area contributed by atoms with Crippen LogP contribution in [0.5, 0.6) is 0 Å². The smallest absolute Gasteiger partial charge is 0.326 e. The molecule has 0 fully saturated rings. The van der Waals surface area contributed by atoms with E-state index in [1.54, 1.807) is 0 Å². The Morgan fingerprint density at radius 2 is 2.20 bits per heavy atom. The lowest BCUT2D eigenvalue weighted by atomic mass is 10.3. The number of aryl methyl sites for hydroxylation is 1. The molecule has 2 rings (SSSR count). The first-order valence-corrected chi connectivity index (χ1v) is 6.96. The average molecular weight is 275 g/mol. The number of carbonyl (C=O) groups is 1. The number of para-hydroxylation sites is 1. The maximum absolute atomic E-state index is 11.9. The predicted molar refractivity (Wildman–Crippen MR) is 79.4 cm³/mol. The van der Waals surface area contributed by atoms with Gasteiger partial charge in [0.05, 0.1) is 17.3 Å². The highest BCUT2D eigenvalue weighted by Gasteiger charge is 2.15. The fourth-order valence-electron chi connectivity index (χ4n) is 2.24. The van der Waals surface area contributed by atoms with Gasteiger partial charge in [-0.15, -0.1) is 0 Å². The van der Waals surface area contributed by atoms with Crippen molar-refractivity contribution < 1.29 is 9.53 Å². The third-order valence-corrected chi connectivity index (χ3v) is 3.02. The van der Waals surface area contributed by atoms with Gasteiger partial charge in [0.2, 0.25) is 0 Å². The van der Waals surface area contributed by atoms with E-state index in [-0.39, 0.29) is 18.6 Å². The Morgan fingerprint density at radius 3 is 2.85 bits per heavy atom. The van der Waals surface area contributed by atoms with E-state index in [4.69, 9.17) is 10.5 Å². The molecule has 0 atom stereocenters. The van der Waals surface area contributed by atoms with Crippen molar-refractivity contribution in [2.75, 3.05) is 5.73 Å². The Labute approximate surface area is 118 Å². The SMILES string of the molecule is CCCc1nc2c(N)cccc2n1CC(=O)OC(C)C. The zero-order chi connectivity index (χ0) is 14.7. The van der Waals surface area contributed by atoms with Crippen molar-refractivity contribution in [3.05, 3.63) is 24.0 Å². The molecule has 0 spiro atoms. The number of hydrogen-bond acceptors (Lipinski definition) is 4. The number of ether oxygens (including phenoxy) is 1. The first-order valence-electron chi connectivity index (χ1n) is 6.96. The molecule has 108 valence electrons. The van der Waals surface area contributed by atoms with Crippen molar-refractivity contribution >= 4 is 22.7 Å². The Kier molecular flexibility index (Phi) is 4.27. The van der Waals surface area contributed by atoms with Crippen molar-refractivity contribution in [3.63, 3.8) is 0 Å². The van der Waals surface area contributed by atoms with Crippen LogP contribution in [0, 0.1) is 0 Å². The van der Waals surface area contributed by atoms with E-state index in [9.17, 15) is 4.79 Å². The molecule has 0 aliphatic rings. The minimum Gasteiger partial charge on any atom is -0.462 e. The van der Waals surface area contributed by atoms with Gasteiger partial charge in [0.15, 0.2) is 0 Å². The summed E-state index contributed by atoms with van der Waals surface area (Å²) in [7, 11) is 0. The molecule has 5 heteroatoms. The van der Waals surface area contributed by atoms with E-state index in [0.717, 1.165) is 29.7 Å². The van der Waals surface area contributed by atoms with E-state index in [1.165, 1.54) is 0 Å². The zero-order valence-electron chi connectivity index (χ0n) is 12.2. The molecule has 1 aromatic heterocycles. The van der Waals surface area contributed by atoms with Crippen LogP contribution < -0.4 is 5.73 Å². The van der Waals surface area contributed by atoms with Crippen LogP contribution in [0.2, 0.25) is 0 Å². The third kappa shape index (κ3) is 2.92. The van der Waals surface area contributed by atoms with E-state index >= 15 is 0 Å². The summed E-state index contributed by atoms with van der Waals surface area (Å²) in [6.45, 7) is 5.94. The predicted octanol–water partition coefficient (Wildman–Crippen LogP) is 2.52. The summed E-state index contributed by atoms with van der Waals surface area (Å²) >= 11 is 0. The second-order valence-electron chi connectivity index (χ2n) is 5.12. The molecule has 1 heterocycles. The van der Waals surface area contributed by atoms with Crippen LogP contribution in [0.4, 0.5) is 5.69 Å². The molecule has 0 amide bonds. The molecular formula is C15H21N3O2. The van der Waals surface area contributed by atoms with Crippen LogP contribution in [-0.4, -0.2) is 21.6 Å². The first kappa shape index (κ1) is 14.4. The second-order valence-corrected chi connectivity index (χ2v) is 5.12. The quantitative estimate of drug-likeness (QED) is 0.672. The lowest BCUT2D eigenvalue weighted by Crippen LogP contribution is -2.19. The van der Waals surface area contributed by atoms with Gasteiger partial charge >= 0.3 is 5.97 Å². The zero-order valence-corrected chi connectivity index (χ0v) is 12.2. The van der Waals surface area contributed by atoms with Gasteiger partial charge in [0.1, 0.15) is 17.9 Å². The van der Waals surface area contributed by atoms with Gasteiger partial charge in [-0.05, 0) is 32.4 Å². The number of esters is 1. The number of imidazole rings is 1. The van der Waals surface area contributed by atoms with Gasteiger partial charge in [0.25, 0.3) is 0 Å². The number of nitrogen functional groups attached to an aromatic ring is 1. The summed E-state index contributed by atoms with van der Waals surface area (Å²) in [6.07, 6.45) is 1.66. The number of aromatic nitrogens is 2. The molecule has 0 aliphatic heterocycles. The van der Waals surface area contributed by atoms with Crippen LogP contribution in [0.3, 0.4) is 0 Å². The summed E-state index contributed by atoms with van der Waals surface area (Å²) in [4.78, 5) is 16.5. The fraction of sp³-hybridized carbons (Fsp3) is 0.467. The Hall–Kier alpha value is -2.04. The molecule has 20 heavy (non-hydrogen) atoms. The minimum absolute atomic E-state index is 0.114. The molecule has 0 unspecified atom stereocenters. The molecule has 0 bridgehead atoms. The third-order valence-electron chi connectivity index (χ3n) is 3.02. The number of rotatable bonds is 5. The molecule has 1 aromatic carbocycles. The van der Waals surface area contributed by atoms with Crippen LogP contribution in [0.25, 0.3) is 11.0 Å². The van der Waals surface area contributed by atoms with Crippen molar-refractivity contribution in [1.82, 2.24) is 9.55 Å². The monoisotopic (exact) mass is 275 g/mol. The van der Waals surface area contributed by atoms with Crippen molar-refractivity contribution in [2.45, 2.75) is 46.3 Å². The fourth-order valence-corrected chi connectivity index (χ4v) is 2.24. The topological polar surface area (TPSA) is 70.1 Å². The van der Waals surface area contributed by atoms with Crippen LogP contribution in [-0.2, 0) is 22.5 Å². The summed E-state index contributed by atoms with van der Waals surface area (Å²) in [6, 6.07) is 5.63. The Bertz CT molecular complexity index is 617. The molecule has 0 aliphatic carbocycles. The molecule has 2 N–H and O–H groups in total. The number of fused-ring (bicyclic) bond motifs is 1. The summed E-state index contributed by atoms with van der Waals surface area (Å²) in [5.41, 5.74) is 8.23. The van der Waals surface area contributed by atoms with E-state index in [2.05, 4.69) is 11.9 Å². The van der Waals surface area contributed by atoms with Gasteiger partial charge in [-0.3, -0.25) is 4.79 Å². The normalized spacial score (nSPS) is 11.2.